The predicted molar refractivity (Wildman–Crippen MR) is 113 cm³/mol. The van der Waals surface area contributed by atoms with Crippen molar-refractivity contribution in [2.75, 3.05) is 0 Å². The van der Waals surface area contributed by atoms with Crippen LogP contribution in [0.15, 0.2) is 66.9 Å². The largest absolute Gasteiger partial charge is 0.348 e. The predicted octanol–water partition coefficient (Wildman–Crippen LogP) is 3.82. The van der Waals surface area contributed by atoms with E-state index in [1.807, 2.05) is 92.4 Å². The molecule has 0 aliphatic carbocycles. The van der Waals surface area contributed by atoms with Crippen LogP contribution in [0.1, 0.15) is 27.3 Å². The van der Waals surface area contributed by atoms with Crippen molar-refractivity contribution in [1.29, 1.82) is 0 Å². The third-order valence-corrected chi connectivity index (χ3v) is 5.03. The molecule has 4 rings (SSSR count). The molecule has 2 aromatic carbocycles. The third-order valence-electron chi connectivity index (χ3n) is 5.03. The Kier molecular flexibility index (Phi) is 4.99. The molecule has 0 fully saturated rings. The molecule has 0 spiro atoms. The highest BCUT2D eigenvalue weighted by molar-refractivity contribution is 5.96. The molecule has 4 aromatic rings. The van der Waals surface area contributed by atoms with Gasteiger partial charge in [0.2, 0.25) is 0 Å². The van der Waals surface area contributed by atoms with Crippen LogP contribution in [0.5, 0.6) is 0 Å². The summed E-state index contributed by atoms with van der Waals surface area (Å²) in [5, 5.41) is 12.2. The number of hydrogen-bond acceptors (Lipinski definition) is 3. The van der Waals surface area contributed by atoms with Crippen molar-refractivity contribution in [2.24, 2.45) is 7.05 Å². The molecule has 0 aliphatic rings. The van der Waals surface area contributed by atoms with Gasteiger partial charge >= 0.3 is 0 Å². The second-order valence-electron chi connectivity index (χ2n) is 7.00. The van der Waals surface area contributed by atoms with Crippen LogP contribution in [0.2, 0.25) is 0 Å². The number of hydrogen-bond donors (Lipinski definition) is 1. The summed E-state index contributed by atoms with van der Waals surface area (Å²) in [4.78, 5) is 12.8. The highest BCUT2D eigenvalue weighted by atomic mass is 16.1. The summed E-state index contributed by atoms with van der Waals surface area (Å²) in [5.74, 6) is -0.125. The first-order valence-corrected chi connectivity index (χ1v) is 9.52. The fourth-order valence-electron chi connectivity index (χ4n) is 3.46. The lowest BCUT2D eigenvalue weighted by Crippen LogP contribution is -2.24. The number of rotatable bonds is 5. The number of carbonyl (C=O) groups is 1. The Hall–Kier alpha value is -3.67. The van der Waals surface area contributed by atoms with E-state index in [0.29, 0.717) is 12.1 Å². The summed E-state index contributed by atoms with van der Waals surface area (Å²) in [6.07, 6.45) is 1.97. The van der Waals surface area contributed by atoms with E-state index in [0.717, 1.165) is 33.9 Å². The molecule has 2 aromatic heterocycles. The monoisotopic (exact) mass is 385 g/mol. The minimum Gasteiger partial charge on any atom is -0.348 e. The van der Waals surface area contributed by atoms with Gasteiger partial charge in [-0.1, -0.05) is 48.5 Å². The Morgan fingerprint density at radius 1 is 0.966 bits per heavy atom. The third kappa shape index (κ3) is 3.69. The molecule has 29 heavy (non-hydrogen) atoms. The van der Waals surface area contributed by atoms with Crippen LogP contribution in [-0.4, -0.2) is 25.5 Å². The van der Waals surface area contributed by atoms with E-state index in [4.69, 9.17) is 5.10 Å². The maximum atomic E-state index is 12.8. The number of benzene rings is 2. The van der Waals surface area contributed by atoms with E-state index in [2.05, 4.69) is 10.4 Å². The fourth-order valence-corrected chi connectivity index (χ4v) is 3.46. The Morgan fingerprint density at radius 3 is 2.24 bits per heavy atom. The minimum atomic E-state index is -0.125. The van der Waals surface area contributed by atoms with Crippen molar-refractivity contribution in [1.82, 2.24) is 24.9 Å². The van der Waals surface area contributed by atoms with Crippen LogP contribution in [0.4, 0.5) is 0 Å². The number of aromatic nitrogens is 4. The molecule has 0 saturated carbocycles. The lowest BCUT2D eigenvalue weighted by molar-refractivity contribution is 0.0949. The van der Waals surface area contributed by atoms with E-state index in [1.165, 1.54) is 0 Å². The highest BCUT2D eigenvalue weighted by Crippen LogP contribution is 2.24. The maximum Gasteiger partial charge on any atom is 0.255 e. The fraction of sp³-hybridized carbons (Fsp3) is 0.174. The molecule has 0 saturated heterocycles. The zero-order valence-electron chi connectivity index (χ0n) is 16.8. The molecule has 0 aliphatic heterocycles. The molecular formula is C23H23N5O. The van der Waals surface area contributed by atoms with Crippen LogP contribution in [0.3, 0.4) is 0 Å². The molecule has 0 radical (unpaired) electrons. The molecular weight excluding hydrogens is 362 g/mol. The van der Waals surface area contributed by atoms with E-state index in [-0.39, 0.29) is 5.91 Å². The minimum absolute atomic E-state index is 0.125. The normalized spacial score (nSPS) is 10.9. The summed E-state index contributed by atoms with van der Waals surface area (Å²) >= 11 is 0. The molecule has 146 valence electrons. The van der Waals surface area contributed by atoms with Crippen LogP contribution in [0, 0.1) is 13.8 Å². The van der Waals surface area contributed by atoms with Gasteiger partial charge in [0.15, 0.2) is 0 Å². The zero-order chi connectivity index (χ0) is 20.4. The van der Waals surface area contributed by atoms with Gasteiger partial charge in [0, 0.05) is 36.6 Å². The molecule has 6 nitrogen and oxygen atoms in total. The van der Waals surface area contributed by atoms with Crippen LogP contribution in [0.25, 0.3) is 16.9 Å². The van der Waals surface area contributed by atoms with E-state index < -0.39 is 0 Å². The maximum absolute atomic E-state index is 12.8. The van der Waals surface area contributed by atoms with Gasteiger partial charge in [-0.25, -0.2) is 4.68 Å². The topological polar surface area (TPSA) is 64.7 Å². The van der Waals surface area contributed by atoms with Crippen molar-refractivity contribution < 1.29 is 4.79 Å². The quantitative estimate of drug-likeness (QED) is 0.568. The summed E-state index contributed by atoms with van der Waals surface area (Å²) in [5.41, 5.74) is 6.00. The Morgan fingerprint density at radius 2 is 1.62 bits per heavy atom. The summed E-state index contributed by atoms with van der Waals surface area (Å²) < 4.78 is 3.58. The molecule has 6 heteroatoms. The standard InChI is InChI=1S/C23H23N5O/c1-16-21(17(2)27(3)25-16)23(29)24-14-19-15-28(20-12-8-5-9-13-20)26-22(19)18-10-6-4-7-11-18/h4-13,15H,14H2,1-3H3,(H,24,29). The van der Waals surface area contributed by atoms with Gasteiger partial charge < -0.3 is 5.32 Å². The van der Waals surface area contributed by atoms with Crippen molar-refractivity contribution in [3.05, 3.63) is 89.4 Å². The molecule has 0 atom stereocenters. The number of amides is 1. The van der Waals surface area contributed by atoms with Crippen LogP contribution < -0.4 is 5.32 Å². The number of carbonyl (C=O) groups excluding carboxylic acids is 1. The molecule has 2 heterocycles. The first kappa shape index (κ1) is 18.7. The smallest absolute Gasteiger partial charge is 0.255 e. The van der Waals surface area contributed by atoms with Gasteiger partial charge in [0.25, 0.3) is 5.91 Å². The number of nitrogens with zero attached hydrogens (tertiary/aromatic N) is 4. The summed E-state index contributed by atoms with van der Waals surface area (Å²) in [7, 11) is 1.84. The second-order valence-corrected chi connectivity index (χ2v) is 7.00. The molecule has 0 unspecified atom stereocenters. The Labute approximate surface area is 169 Å². The lowest BCUT2D eigenvalue weighted by atomic mass is 10.1. The van der Waals surface area contributed by atoms with Crippen molar-refractivity contribution in [3.8, 4) is 16.9 Å². The Bertz CT molecular complexity index is 1140. The van der Waals surface area contributed by atoms with Gasteiger partial charge in [0.05, 0.1) is 22.6 Å². The van der Waals surface area contributed by atoms with Crippen molar-refractivity contribution >= 4 is 5.91 Å². The first-order chi connectivity index (χ1) is 14.0. The van der Waals surface area contributed by atoms with Crippen molar-refractivity contribution in [3.63, 3.8) is 0 Å². The highest BCUT2D eigenvalue weighted by Gasteiger charge is 2.18. The lowest BCUT2D eigenvalue weighted by Gasteiger charge is -2.06. The van der Waals surface area contributed by atoms with Gasteiger partial charge in [-0.3, -0.25) is 9.48 Å². The summed E-state index contributed by atoms with van der Waals surface area (Å²) in [6.45, 7) is 4.13. The van der Waals surface area contributed by atoms with Crippen LogP contribution in [-0.2, 0) is 13.6 Å². The zero-order valence-corrected chi connectivity index (χ0v) is 16.8. The SMILES string of the molecule is Cc1nn(C)c(C)c1C(=O)NCc1cn(-c2ccccc2)nc1-c1ccccc1. The molecule has 1 N–H and O–H groups in total. The summed E-state index contributed by atoms with van der Waals surface area (Å²) in [6, 6.07) is 20.0. The van der Waals surface area contributed by atoms with E-state index >= 15 is 0 Å². The number of aryl methyl sites for hydroxylation is 2. The van der Waals surface area contributed by atoms with Gasteiger partial charge in [0.1, 0.15) is 0 Å². The molecule has 1 amide bonds. The Balaban J connectivity index is 1.65. The van der Waals surface area contributed by atoms with Crippen LogP contribution >= 0.6 is 0 Å². The molecule has 0 bridgehead atoms. The number of nitrogens with one attached hydrogen (secondary N) is 1. The average molecular weight is 385 g/mol. The van der Waals surface area contributed by atoms with E-state index in [9.17, 15) is 4.79 Å². The van der Waals surface area contributed by atoms with Gasteiger partial charge in [-0.2, -0.15) is 10.2 Å². The second kappa shape index (κ2) is 7.75. The van der Waals surface area contributed by atoms with Gasteiger partial charge in [-0.15, -0.1) is 0 Å². The van der Waals surface area contributed by atoms with Gasteiger partial charge in [-0.05, 0) is 26.0 Å². The van der Waals surface area contributed by atoms with E-state index in [1.54, 1.807) is 4.68 Å². The van der Waals surface area contributed by atoms with Crippen molar-refractivity contribution in [2.45, 2.75) is 20.4 Å². The number of para-hydroxylation sites is 1. The first-order valence-electron chi connectivity index (χ1n) is 9.52. The average Bonchev–Trinajstić information content (AvgIpc) is 3.28.